The molecule has 7 nitrogen and oxygen atoms in total. The number of nitrogens with zero attached hydrogens (tertiary/aromatic N) is 3. The maximum absolute atomic E-state index is 13.6. The van der Waals surface area contributed by atoms with Gasteiger partial charge in [-0.05, 0) is 42.5 Å². The standard InChI is InChI=1S/C20H14ClFN4O3/c21-13-5-7-17(26-12-23-11-24-26)16(9-13)25-20(27)19-8-6-14(29-19)10-28-18-4-2-1-3-15(18)22/h1-9,11-12H,10H2,(H,25,27). The Balaban J connectivity index is 1.48. The Labute approximate surface area is 169 Å². The van der Waals surface area contributed by atoms with Crippen LogP contribution < -0.4 is 10.1 Å². The Bertz CT molecular complexity index is 1140. The van der Waals surface area contributed by atoms with Crippen LogP contribution in [0.4, 0.5) is 10.1 Å². The number of anilines is 1. The van der Waals surface area contributed by atoms with Crippen LogP contribution in [0.15, 0.2) is 71.7 Å². The van der Waals surface area contributed by atoms with E-state index in [0.717, 1.165) is 0 Å². The normalized spacial score (nSPS) is 10.7. The SMILES string of the molecule is O=C(Nc1cc(Cl)ccc1-n1cncn1)c1ccc(COc2ccccc2F)o1. The van der Waals surface area contributed by atoms with Crippen LogP contribution in [0.25, 0.3) is 5.69 Å². The molecule has 2 aromatic carbocycles. The average molecular weight is 413 g/mol. The highest BCUT2D eigenvalue weighted by molar-refractivity contribution is 6.31. The first-order valence-corrected chi connectivity index (χ1v) is 8.90. The van der Waals surface area contributed by atoms with Crippen molar-refractivity contribution in [1.82, 2.24) is 14.8 Å². The van der Waals surface area contributed by atoms with Crippen molar-refractivity contribution in [2.45, 2.75) is 6.61 Å². The molecule has 4 aromatic rings. The van der Waals surface area contributed by atoms with Gasteiger partial charge in [-0.2, -0.15) is 5.10 Å². The minimum Gasteiger partial charge on any atom is -0.483 e. The molecule has 1 N–H and O–H groups in total. The van der Waals surface area contributed by atoms with Crippen molar-refractivity contribution in [2.24, 2.45) is 0 Å². The molecule has 0 aliphatic heterocycles. The van der Waals surface area contributed by atoms with Gasteiger partial charge in [-0.1, -0.05) is 23.7 Å². The number of amides is 1. The van der Waals surface area contributed by atoms with Gasteiger partial charge in [-0.15, -0.1) is 0 Å². The third-order valence-electron chi connectivity index (χ3n) is 3.96. The maximum atomic E-state index is 13.6. The number of furan rings is 1. The highest BCUT2D eigenvalue weighted by Crippen LogP contribution is 2.25. The number of hydrogen-bond donors (Lipinski definition) is 1. The van der Waals surface area contributed by atoms with Crippen molar-refractivity contribution in [2.75, 3.05) is 5.32 Å². The predicted octanol–water partition coefficient (Wildman–Crippen LogP) is 4.48. The predicted molar refractivity (Wildman–Crippen MR) is 104 cm³/mol. The lowest BCUT2D eigenvalue weighted by atomic mass is 10.2. The maximum Gasteiger partial charge on any atom is 0.291 e. The van der Waals surface area contributed by atoms with Gasteiger partial charge < -0.3 is 14.5 Å². The molecule has 9 heteroatoms. The average Bonchev–Trinajstić information content (AvgIpc) is 3.40. The van der Waals surface area contributed by atoms with Crippen LogP contribution in [0.5, 0.6) is 5.75 Å². The summed E-state index contributed by atoms with van der Waals surface area (Å²) in [5, 5.41) is 7.25. The molecule has 0 bridgehead atoms. The van der Waals surface area contributed by atoms with Gasteiger partial charge in [-0.3, -0.25) is 4.79 Å². The second-order valence-corrected chi connectivity index (χ2v) is 6.38. The minimum atomic E-state index is -0.481. The van der Waals surface area contributed by atoms with Gasteiger partial charge in [0, 0.05) is 5.02 Å². The molecule has 0 unspecified atom stereocenters. The molecule has 0 aliphatic rings. The number of aromatic nitrogens is 3. The zero-order valence-corrected chi connectivity index (χ0v) is 15.6. The summed E-state index contributed by atoms with van der Waals surface area (Å²) in [6, 6.07) is 14.1. The second kappa shape index (κ2) is 8.15. The van der Waals surface area contributed by atoms with Gasteiger partial charge in [0.2, 0.25) is 0 Å². The van der Waals surface area contributed by atoms with Crippen molar-refractivity contribution in [3.8, 4) is 11.4 Å². The number of para-hydroxylation sites is 1. The van der Waals surface area contributed by atoms with E-state index in [4.69, 9.17) is 20.8 Å². The summed E-state index contributed by atoms with van der Waals surface area (Å²) >= 11 is 6.06. The number of rotatable bonds is 6. The number of carbonyl (C=O) groups is 1. The van der Waals surface area contributed by atoms with Crippen molar-refractivity contribution in [3.05, 3.63) is 89.6 Å². The van der Waals surface area contributed by atoms with E-state index in [1.165, 1.54) is 35.5 Å². The first-order valence-electron chi connectivity index (χ1n) is 8.52. The summed E-state index contributed by atoms with van der Waals surface area (Å²) in [5.74, 6) is -0.404. The fraction of sp³-hybridized carbons (Fsp3) is 0.0500. The molecule has 146 valence electrons. The van der Waals surface area contributed by atoms with Gasteiger partial charge in [-0.25, -0.2) is 14.1 Å². The largest absolute Gasteiger partial charge is 0.483 e. The monoisotopic (exact) mass is 412 g/mol. The molecule has 1 amide bonds. The van der Waals surface area contributed by atoms with Crippen LogP contribution in [0.2, 0.25) is 5.02 Å². The van der Waals surface area contributed by atoms with Crippen LogP contribution in [0.1, 0.15) is 16.3 Å². The van der Waals surface area contributed by atoms with E-state index in [0.29, 0.717) is 22.2 Å². The Morgan fingerprint density at radius 3 is 2.86 bits per heavy atom. The second-order valence-electron chi connectivity index (χ2n) is 5.94. The summed E-state index contributed by atoms with van der Waals surface area (Å²) in [6.45, 7) is -0.0183. The van der Waals surface area contributed by atoms with Crippen molar-refractivity contribution in [1.29, 1.82) is 0 Å². The lowest BCUT2D eigenvalue weighted by molar-refractivity contribution is 0.0992. The molecule has 0 atom stereocenters. The number of ether oxygens (including phenoxy) is 1. The van der Waals surface area contributed by atoms with E-state index >= 15 is 0 Å². The Hall–Kier alpha value is -3.65. The van der Waals surface area contributed by atoms with E-state index in [2.05, 4.69) is 15.4 Å². The van der Waals surface area contributed by atoms with Crippen molar-refractivity contribution in [3.63, 3.8) is 0 Å². The van der Waals surface area contributed by atoms with E-state index in [9.17, 15) is 9.18 Å². The number of hydrogen-bond acceptors (Lipinski definition) is 5. The van der Waals surface area contributed by atoms with Crippen molar-refractivity contribution >= 4 is 23.2 Å². The molecule has 0 aliphatic carbocycles. The molecular formula is C20H14ClFN4O3. The van der Waals surface area contributed by atoms with Gasteiger partial charge in [0.05, 0.1) is 11.4 Å². The molecule has 0 fully saturated rings. The third kappa shape index (κ3) is 4.27. The van der Waals surface area contributed by atoms with Crippen LogP contribution in [-0.2, 0) is 6.61 Å². The summed E-state index contributed by atoms with van der Waals surface area (Å²) in [6.07, 6.45) is 2.89. The fourth-order valence-corrected chi connectivity index (χ4v) is 2.78. The molecule has 0 saturated carbocycles. The molecule has 0 radical (unpaired) electrons. The van der Waals surface area contributed by atoms with E-state index in [1.54, 1.807) is 36.4 Å². The summed E-state index contributed by atoms with van der Waals surface area (Å²) in [7, 11) is 0. The first kappa shape index (κ1) is 18.7. The highest BCUT2D eigenvalue weighted by Gasteiger charge is 2.15. The summed E-state index contributed by atoms with van der Waals surface area (Å²) in [4.78, 5) is 16.5. The summed E-state index contributed by atoms with van der Waals surface area (Å²) in [5.41, 5.74) is 1.03. The van der Waals surface area contributed by atoms with Crippen LogP contribution in [0, 0.1) is 5.82 Å². The minimum absolute atomic E-state index is 0.0183. The molecule has 0 spiro atoms. The number of nitrogens with one attached hydrogen (secondary N) is 1. The zero-order chi connectivity index (χ0) is 20.2. The molecule has 0 saturated heterocycles. The van der Waals surface area contributed by atoms with Gasteiger partial charge in [0.15, 0.2) is 17.3 Å². The Morgan fingerprint density at radius 2 is 2.07 bits per heavy atom. The van der Waals surface area contributed by atoms with Crippen molar-refractivity contribution < 1.29 is 18.3 Å². The van der Waals surface area contributed by atoms with Gasteiger partial charge in [0.1, 0.15) is 25.0 Å². The molecule has 4 rings (SSSR count). The number of carbonyl (C=O) groups excluding carboxylic acids is 1. The van der Waals surface area contributed by atoms with Crippen LogP contribution >= 0.6 is 11.6 Å². The van der Waals surface area contributed by atoms with Crippen LogP contribution in [0.3, 0.4) is 0 Å². The van der Waals surface area contributed by atoms with E-state index in [1.807, 2.05) is 0 Å². The van der Waals surface area contributed by atoms with Gasteiger partial charge in [0.25, 0.3) is 5.91 Å². The number of halogens is 2. The lowest BCUT2D eigenvalue weighted by Gasteiger charge is -2.10. The summed E-state index contributed by atoms with van der Waals surface area (Å²) < 4.78 is 26.0. The highest BCUT2D eigenvalue weighted by atomic mass is 35.5. The molecule has 2 heterocycles. The topological polar surface area (TPSA) is 82.2 Å². The van der Waals surface area contributed by atoms with E-state index in [-0.39, 0.29) is 18.1 Å². The Kier molecular flexibility index (Phi) is 5.26. The fourth-order valence-electron chi connectivity index (χ4n) is 2.61. The molecular weight excluding hydrogens is 399 g/mol. The van der Waals surface area contributed by atoms with E-state index < -0.39 is 11.7 Å². The smallest absolute Gasteiger partial charge is 0.291 e. The third-order valence-corrected chi connectivity index (χ3v) is 4.20. The molecule has 29 heavy (non-hydrogen) atoms. The zero-order valence-electron chi connectivity index (χ0n) is 14.9. The quantitative estimate of drug-likeness (QED) is 0.504. The lowest BCUT2D eigenvalue weighted by Crippen LogP contribution is -2.13. The first-order chi connectivity index (χ1) is 14.1. The van der Waals surface area contributed by atoms with Crippen LogP contribution in [-0.4, -0.2) is 20.7 Å². The Morgan fingerprint density at radius 1 is 1.21 bits per heavy atom. The van der Waals surface area contributed by atoms with Gasteiger partial charge >= 0.3 is 0 Å². The number of benzene rings is 2. The molecule has 2 aromatic heterocycles.